The molecule has 0 radical (unpaired) electrons. The lowest BCUT2D eigenvalue weighted by Crippen LogP contribution is -2.55. The van der Waals surface area contributed by atoms with Gasteiger partial charge in [-0.3, -0.25) is 4.57 Å². The molecule has 5 heterocycles. The summed E-state index contributed by atoms with van der Waals surface area (Å²) in [5, 5.41) is 2.34. The molecule has 55 heavy (non-hydrogen) atoms. The first-order chi connectivity index (χ1) is 26.9. The van der Waals surface area contributed by atoms with Gasteiger partial charge in [-0.15, -0.1) is 0 Å². The number of nitrogens with zero attached hydrogens (tertiary/aromatic N) is 5. The Bertz CT molecular complexity index is 2990. The minimum Gasteiger partial charge on any atom is -0.457 e. The number of imidazole rings is 1. The molecule has 0 fully saturated rings. The van der Waals surface area contributed by atoms with Gasteiger partial charge in [-0.05, 0) is 87.7 Å². The average Bonchev–Trinajstić information content (AvgIpc) is 3.83. The second-order valence-electron chi connectivity index (χ2n) is 15.5. The summed E-state index contributed by atoms with van der Waals surface area (Å²) in [4.78, 5) is 12.3. The number of para-hydroxylation sites is 2. The van der Waals surface area contributed by atoms with E-state index in [1.165, 1.54) is 38.7 Å². The van der Waals surface area contributed by atoms with Gasteiger partial charge in [0.25, 0.3) is 0 Å². The Kier molecular flexibility index (Phi) is 6.80. The van der Waals surface area contributed by atoms with Crippen LogP contribution in [-0.4, -0.2) is 26.0 Å². The molecule has 0 unspecified atom stereocenters. The Morgan fingerprint density at radius 2 is 1.22 bits per heavy atom. The third-order valence-electron chi connectivity index (χ3n) is 11.3. The fourth-order valence-corrected chi connectivity index (χ4v) is 8.73. The van der Waals surface area contributed by atoms with Crippen LogP contribution < -0.4 is 15.0 Å². The first-order valence-corrected chi connectivity index (χ1v) is 18.8. The summed E-state index contributed by atoms with van der Waals surface area (Å²) < 4.78 is 11.3. The molecule has 2 aliphatic heterocycles. The van der Waals surface area contributed by atoms with E-state index in [0.29, 0.717) is 0 Å². The highest BCUT2D eigenvalue weighted by molar-refractivity contribution is 6.79. The SMILES string of the molecule is CC(C)(C)c1ccnc(-n2c3ccccc3c3ccc(Oc4ccc5c(c4)-c4nccn4B4c6ccccc6-c6ccccc6-c6ccccc6N45)cc32)c1. The Labute approximate surface area is 320 Å². The summed E-state index contributed by atoms with van der Waals surface area (Å²) in [5.41, 5.74) is 12.7. The summed E-state index contributed by atoms with van der Waals surface area (Å²) in [5.74, 6) is 3.29. The van der Waals surface area contributed by atoms with E-state index in [2.05, 4.69) is 186 Å². The Morgan fingerprint density at radius 3 is 2.07 bits per heavy atom. The predicted octanol–water partition coefficient (Wildman–Crippen LogP) is 11.2. The van der Waals surface area contributed by atoms with Gasteiger partial charge in [0.1, 0.15) is 23.1 Å². The van der Waals surface area contributed by atoms with Crippen LogP contribution in [0, 0.1) is 0 Å². The van der Waals surface area contributed by atoms with Crippen LogP contribution in [0.4, 0.5) is 11.4 Å². The molecular formula is C48H36BN5O. The zero-order valence-corrected chi connectivity index (χ0v) is 30.8. The molecule has 6 nitrogen and oxygen atoms in total. The van der Waals surface area contributed by atoms with E-state index in [1.807, 2.05) is 12.4 Å². The largest absolute Gasteiger partial charge is 0.457 e. The van der Waals surface area contributed by atoms with Gasteiger partial charge < -0.3 is 14.0 Å². The molecule has 3 aromatic heterocycles. The van der Waals surface area contributed by atoms with Crippen LogP contribution >= 0.6 is 0 Å². The summed E-state index contributed by atoms with van der Waals surface area (Å²) in [7, 11) is 0. The van der Waals surface area contributed by atoms with Crippen LogP contribution in [0.25, 0.3) is 61.3 Å². The molecule has 0 amide bonds. The number of rotatable bonds is 3. The normalized spacial score (nSPS) is 12.9. The number of hydrogen-bond donors (Lipinski definition) is 0. The van der Waals surface area contributed by atoms with Crippen molar-refractivity contribution in [1.82, 2.24) is 19.0 Å². The van der Waals surface area contributed by atoms with Crippen molar-refractivity contribution in [3.05, 3.63) is 170 Å². The van der Waals surface area contributed by atoms with Gasteiger partial charge in [-0.25, -0.2) is 9.97 Å². The van der Waals surface area contributed by atoms with Crippen molar-refractivity contribution in [2.24, 2.45) is 0 Å². The summed E-state index contributed by atoms with van der Waals surface area (Å²) in [6.45, 7) is 6.57. The number of benzene rings is 6. The lowest BCUT2D eigenvalue weighted by molar-refractivity contribution is 0.483. The highest BCUT2D eigenvalue weighted by Gasteiger charge is 2.41. The third-order valence-corrected chi connectivity index (χ3v) is 11.3. The summed E-state index contributed by atoms with van der Waals surface area (Å²) >= 11 is 0. The van der Waals surface area contributed by atoms with E-state index in [4.69, 9.17) is 14.7 Å². The molecule has 0 bridgehead atoms. The predicted molar refractivity (Wildman–Crippen MR) is 225 cm³/mol. The van der Waals surface area contributed by atoms with E-state index >= 15 is 0 Å². The Morgan fingerprint density at radius 1 is 0.545 bits per heavy atom. The maximum absolute atomic E-state index is 6.77. The molecule has 0 atom stereocenters. The van der Waals surface area contributed by atoms with Crippen molar-refractivity contribution >= 4 is 45.6 Å². The van der Waals surface area contributed by atoms with Gasteiger partial charge >= 0.3 is 6.98 Å². The zero-order valence-electron chi connectivity index (χ0n) is 30.8. The Balaban J connectivity index is 1.06. The number of ether oxygens (including phenoxy) is 1. The topological polar surface area (TPSA) is 48.1 Å². The fraction of sp³-hybridized carbons (Fsp3) is 0.0833. The van der Waals surface area contributed by atoms with Gasteiger partial charge in [0, 0.05) is 57.9 Å². The molecule has 11 rings (SSSR count). The van der Waals surface area contributed by atoms with Gasteiger partial charge in [0.2, 0.25) is 0 Å². The van der Waals surface area contributed by atoms with Crippen molar-refractivity contribution in [3.63, 3.8) is 0 Å². The van der Waals surface area contributed by atoms with Crippen LogP contribution in [0.2, 0.25) is 0 Å². The standard InChI is InChI=1S/C48H36BN5O/c1-48(2,3)31-24-25-50-46(28-31)53-42-18-10-7-16-38(42)39-22-20-33(30-45(39)53)55-32-21-23-44-40(29-32)47-51-26-27-52(47)49-41-17-9-6-14-36(41)34-12-4-5-13-35(34)37-15-8-11-19-43(37)54(44)49/h4-30H,1-3H3. The van der Waals surface area contributed by atoms with Crippen LogP contribution in [0.3, 0.4) is 0 Å². The molecule has 0 N–H and O–H groups in total. The molecule has 0 spiro atoms. The van der Waals surface area contributed by atoms with Crippen molar-refractivity contribution in [3.8, 4) is 51.0 Å². The first kappa shape index (κ1) is 31.7. The quantitative estimate of drug-likeness (QED) is 0.171. The smallest absolute Gasteiger partial charge is 0.422 e. The molecule has 2 aliphatic rings. The highest BCUT2D eigenvalue weighted by atomic mass is 16.5. The van der Waals surface area contributed by atoms with E-state index in [9.17, 15) is 0 Å². The molecule has 0 saturated heterocycles. The van der Waals surface area contributed by atoms with Crippen molar-refractivity contribution in [2.75, 3.05) is 4.81 Å². The van der Waals surface area contributed by atoms with E-state index < -0.39 is 0 Å². The Hall–Kier alpha value is -6.86. The average molecular weight is 710 g/mol. The fourth-order valence-electron chi connectivity index (χ4n) is 8.73. The van der Waals surface area contributed by atoms with E-state index in [1.54, 1.807) is 0 Å². The first-order valence-electron chi connectivity index (χ1n) is 18.8. The van der Waals surface area contributed by atoms with Gasteiger partial charge in [0.15, 0.2) is 0 Å². The molecule has 262 valence electrons. The third kappa shape index (κ3) is 4.82. The van der Waals surface area contributed by atoms with Crippen LogP contribution in [-0.2, 0) is 5.41 Å². The maximum atomic E-state index is 6.77. The maximum Gasteiger partial charge on any atom is 0.422 e. The van der Waals surface area contributed by atoms with Crippen molar-refractivity contribution in [1.29, 1.82) is 0 Å². The summed E-state index contributed by atoms with van der Waals surface area (Å²) in [6, 6.07) is 51.9. The number of hydrogen-bond acceptors (Lipinski definition) is 4. The number of anilines is 2. The molecule has 6 aromatic carbocycles. The monoisotopic (exact) mass is 709 g/mol. The van der Waals surface area contributed by atoms with Crippen molar-refractivity contribution in [2.45, 2.75) is 26.2 Å². The van der Waals surface area contributed by atoms with Gasteiger partial charge in [-0.2, -0.15) is 0 Å². The van der Waals surface area contributed by atoms with Gasteiger partial charge in [-0.1, -0.05) is 106 Å². The summed E-state index contributed by atoms with van der Waals surface area (Å²) in [6.07, 6.45) is 5.93. The minimum absolute atomic E-state index is 0.00555. The van der Waals surface area contributed by atoms with Crippen molar-refractivity contribution < 1.29 is 4.74 Å². The highest BCUT2D eigenvalue weighted by Crippen LogP contribution is 2.48. The van der Waals surface area contributed by atoms with Crippen LogP contribution in [0.1, 0.15) is 26.3 Å². The molecule has 0 saturated carbocycles. The molecule has 0 aliphatic carbocycles. The van der Waals surface area contributed by atoms with E-state index in [-0.39, 0.29) is 12.4 Å². The second kappa shape index (κ2) is 11.8. The number of pyridine rings is 1. The molecule has 7 heteroatoms. The van der Waals surface area contributed by atoms with Crippen LogP contribution in [0.5, 0.6) is 11.5 Å². The number of fused-ring (bicyclic) bond motifs is 16. The molecule has 9 aromatic rings. The van der Waals surface area contributed by atoms with E-state index in [0.717, 1.165) is 56.5 Å². The number of aromatic nitrogens is 4. The molecular weight excluding hydrogens is 673 g/mol. The lowest BCUT2D eigenvalue weighted by Gasteiger charge is -2.41. The second-order valence-corrected chi connectivity index (χ2v) is 15.5. The lowest BCUT2D eigenvalue weighted by atomic mass is 9.59. The van der Waals surface area contributed by atoms with Gasteiger partial charge in [0.05, 0.1) is 11.0 Å². The zero-order chi connectivity index (χ0) is 36.8. The van der Waals surface area contributed by atoms with Crippen LogP contribution in [0.15, 0.2) is 164 Å². The minimum atomic E-state index is -0.141.